The molecule has 0 fully saturated rings. The monoisotopic (exact) mass is 231 g/mol. The highest BCUT2D eigenvalue weighted by Gasteiger charge is 2.28. The maximum absolute atomic E-state index is 6.04. The van der Waals surface area contributed by atoms with Crippen molar-refractivity contribution in [3.8, 4) is 0 Å². The van der Waals surface area contributed by atoms with E-state index in [-0.39, 0.29) is 23.8 Å². The molecule has 0 amide bonds. The number of rotatable bonds is 9. The summed E-state index contributed by atoms with van der Waals surface area (Å²) >= 11 is 0. The minimum absolute atomic E-state index is 0.116. The fourth-order valence-corrected chi connectivity index (χ4v) is 2.18. The Hall–Kier alpha value is -1.34. The molecule has 0 saturated carbocycles. The van der Waals surface area contributed by atoms with Gasteiger partial charge in [0.25, 0.3) is 0 Å². The van der Waals surface area contributed by atoms with E-state index in [4.69, 9.17) is 5.73 Å². The van der Waals surface area contributed by atoms with E-state index >= 15 is 0 Å². The largest absolute Gasteiger partial charge is 0.324 e. The Balaban J connectivity index is 5.18. The van der Waals surface area contributed by atoms with Gasteiger partial charge in [-0.3, -0.25) is 0 Å². The fraction of sp³-hybridized carbons (Fsp3) is 0.375. The molecule has 0 spiro atoms. The lowest BCUT2D eigenvalue weighted by Crippen LogP contribution is -2.35. The molecule has 0 aromatic rings. The summed E-state index contributed by atoms with van der Waals surface area (Å²) in [7, 11) is 0. The van der Waals surface area contributed by atoms with Crippen LogP contribution in [0.2, 0.25) is 0 Å². The number of hydrogen-bond donors (Lipinski definition) is 1. The molecule has 5 atom stereocenters. The Morgan fingerprint density at radius 2 is 1.18 bits per heavy atom. The van der Waals surface area contributed by atoms with Crippen molar-refractivity contribution < 1.29 is 0 Å². The lowest BCUT2D eigenvalue weighted by Gasteiger charge is -2.33. The van der Waals surface area contributed by atoms with Gasteiger partial charge in [-0.25, -0.2) is 0 Å². The summed E-state index contributed by atoms with van der Waals surface area (Å²) in [6, 6.07) is -0.116. The molecule has 0 aliphatic carbocycles. The summed E-state index contributed by atoms with van der Waals surface area (Å²) in [6.07, 6.45) is 9.45. The molecule has 2 N–H and O–H groups in total. The molecule has 0 aliphatic rings. The summed E-state index contributed by atoms with van der Waals surface area (Å²) in [5.41, 5.74) is 6.04. The van der Waals surface area contributed by atoms with Crippen molar-refractivity contribution in [1.29, 1.82) is 0 Å². The van der Waals surface area contributed by atoms with Crippen LogP contribution in [-0.4, -0.2) is 6.04 Å². The van der Waals surface area contributed by atoms with E-state index < -0.39 is 0 Å². The average Bonchev–Trinajstić information content (AvgIpc) is 2.37. The van der Waals surface area contributed by atoms with Gasteiger partial charge in [0.15, 0.2) is 0 Å². The molecular formula is C16H25N. The van der Waals surface area contributed by atoms with E-state index in [2.05, 4.69) is 39.8 Å². The van der Waals surface area contributed by atoms with E-state index in [1.165, 1.54) is 0 Å². The third kappa shape index (κ3) is 3.86. The Morgan fingerprint density at radius 3 is 1.47 bits per heavy atom. The summed E-state index contributed by atoms with van der Waals surface area (Å²) < 4.78 is 0. The SMILES string of the molecule is C=CC(C)C(C=C)C(C=C)C(C=C)C(N)C=C. The van der Waals surface area contributed by atoms with E-state index in [9.17, 15) is 0 Å². The molecule has 0 aliphatic heterocycles. The third-order valence-corrected chi connectivity index (χ3v) is 3.40. The molecule has 0 radical (unpaired) electrons. The summed E-state index contributed by atoms with van der Waals surface area (Å²) in [5, 5.41) is 0. The summed E-state index contributed by atoms with van der Waals surface area (Å²) in [5.74, 6) is 0.912. The quantitative estimate of drug-likeness (QED) is 0.601. The van der Waals surface area contributed by atoms with Gasteiger partial charge in [-0.2, -0.15) is 0 Å². The predicted octanol–water partition coefficient (Wildman–Crippen LogP) is 3.73. The van der Waals surface area contributed by atoms with Gasteiger partial charge < -0.3 is 5.73 Å². The van der Waals surface area contributed by atoms with Gasteiger partial charge in [-0.05, 0) is 17.8 Å². The van der Waals surface area contributed by atoms with Crippen molar-refractivity contribution in [3.05, 3.63) is 63.3 Å². The second kappa shape index (κ2) is 7.86. The summed E-state index contributed by atoms with van der Waals surface area (Å²) in [6.45, 7) is 21.4. The minimum atomic E-state index is -0.116. The van der Waals surface area contributed by atoms with E-state index in [1.807, 2.05) is 24.3 Å². The van der Waals surface area contributed by atoms with Crippen molar-refractivity contribution >= 4 is 0 Å². The number of nitrogens with two attached hydrogens (primary N) is 1. The van der Waals surface area contributed by atoms with Crippen LogP contribution in [0.4, 0.5) is 0 Å². The zero-order valence-corrected chi connectivity index (χ0v) is 10.9. The predicted molar refractivity (Wildman–Crippen MR) is 78.6 cm³/mol. The molecule has 5 unspecified atom stereocenters. The second-order valence-corrected chi connectivity index (χ2v) is 4.35. The van der Waals surface area contributed by atoms with Crippen molar-refractivity contribution in [2.45, 2.75) is 13.0 Å². The minimum Gasteiger partial charge on any atom is -0.324 e. The zero-order valence-electron chi connectivity index (χ0n) is 10.9. The first kappa shape index (κ1) is 15.7. The Kier molecular flexibility index (Phi) is 7.24. The highest BCUT2D eigenvalue weighted by atomic mass is 14.6. The van der Waals surface area contributed by atoms with Crippen LogP contribution in [0, 0.1) is 23.7 Å². The molecule has 0 heterocycles. The molecule has 0 bridgehead atoms. The van der Waals surface area contributed by atoms with Gasteiger partial charge in [-0.15, -0.1) is 32.9 Å². The van der Waals surface area contributed by atoms with Crippen LogP contribution in [0.25, 0.3) is 0 Å². The Labute approximate surface area is 106 Å². The molecule has 0 rings (SSSR count). The maximum Gasteiger partial charge on any atom is 0.0290 e. The second-order valence-electron chi connectivity index (χ2n) is 4.35. The van der Waals surface area contributed by atoms with Crippen LogP contribution in [-0.2, 0) is 0 Å². The average molecular weight is 231 g/mol. The zero-order chi connectivity index (χ0) is 13.4. The third-order valence-electron chi connectivity index (χ3n) is 3.40. The molecule has 0 saturated heterocycles. The van der Waals surface area contributed by atoms with Gasteiger partial charge >= 0.3 is 0 Å². The van der Waals surface area contributed by atoms with Gasteiger partial charge in [0.05, 0.1) is 0 Å². The van der Waals surface area contributed by atoms with Crippen molar-refractivity contribution in [3.63, 3.8) is 0 Å². The molecular weight excluding hydrogens is 206 g/mol. The first-order chi connectivity index (χ1) is 8.06. The standard InChI is InChI=1S/C16H25N/c1-7-12(6)13(8-2)14(9-3)15(10-4)16(17)11-5/h7-16H,1-5,17H2,6H3. The first-order valence-corrected chi connectivity index (χ1v) is 5.95. The highest BCUT2D eigenvalue weighted by molar-refractivity contribution is 5.09. The lowest BCUT2D eigenvalue weighted by atomic mass is 9.73. The van der Waals surface area contributed by atoms with Crippen LogP contribution in [0.15, 0.2) is 63.3 Å². The van der Waals surface area contributed by atoms with Gasteiger partial charge in [-0.1, -0.05) is 37.3 Å². The van der Waals surface area contributed by atoms with E-state index in [1.54, 1.807) is 6.08 Å². The van der Waals surface area contributed by atoms with Crippen LogP contribution in [0.1, 0.15) is 6.92 Å². The highest BCUT2D eigenvalue weighted by Crippen LogP contribution is 2.32. The molecule has 94 valence electrons. The van der Waals surface area contributed by atoms with Crippen LogP contribution in [0.5, 0.6) is 0 Å². The fourth-order valence-electron chi connectivity index (χ4n) is 2.18. The van der Waals surface area contributed by atoms with Crippen molar-refractivity contribution in [2.75, 3.05) is 0 Å². The molecule has 1 heteroatoms. The Bertz CT molecular complexity index is 264. The normalized spacial score (nSPS) is 19.2. The molecule has 0 aromatic heterocycles. The number of hydrogen-bond acceptors (Lipinski definition) is 1. The van der Waals surface area contributed by atoms with Gasteiger partial charge in [0.2, 0.25) is 0 Å². The molecule has 17 heavy (non-hydrogen) atoms. The number of allylic oxidation sites excluding steroid dienone is 3. The van der Waals surface area contributed by atoms with Crippen LogP contribution >= 0.6 is 0 Å². The van der Waals surface area contributed by atoms with Crippen molar-refractivity contribution in [1.82, 2.24) is 0 Å². The lowest BCUT2D eigenvalue weighted by molar-refractivity contribution is 0.306. The topological polar surface area (TPSA) is 26.0 Å². The van der Waals surface area contributed by atoms with E-state index in [0.29, 0.717) is 5.92 Å². The summed E-state index contributed by atoms with van der Waals surface area (Å²) in [4.78, 5) is 0. The Morgan fingerprint density at radius 1 is 0.706 bits per heavy atom. The first-order valence-electron chi connectivity index (χ1n) is 5.95. The molecule has 1 nitrogen and oxygen atoms in total. The molecule has 0 aromatic carbocycles. The van der Waals surface area contributed by atoms with Crippen molar-refractivity contribution in [2.24, 2.45) is 29.4 Å². The van der Waals surface area contributed by atoms with Crippen LogP contribution in [0.3, 0.4) is 0 Å². The van der Waals surface area contributed by atoms with E-state index in [0.717, 1.165) is 0 Å². The maximum atomic E-state index is 6.04. The smallest absolute Gasteiger partial charge is 0.0290 e. The van der Waals surface area contributed by atoms with Gasteiger partial charge in [0.1, 0.15) is 0 Å². The van der Waals surface area contributed by atoms with Crippen LogP contribution < -0.4 is 5.73 Å². The van der Waals surface area contributed by atoms with Gasteiger partial charge in [0, 0.05) is 12.0 Å².